The zero-order valence-corrected chi connectivity index (χ0v) is 11.1. The number of ether oxygens (including phenoxy) is 2. The van der Waals surface area contributed by atoms with Gasteiger partial charge in [0.2, 0.25) is 0 Å². The highest BCUT2D eigenvalue weighted by Crippen LogP contribution is 2.19. The molecule has 0 aliphatic carbocycles. The lowest BCUT2D eigenvalue weighted by molar-refractivity contribution is 0.0653. The molecule has 0 fully saturated rings. The smallest absolute Gasteiger partial charge is 0.165 e. The highest BCUT2D eigenvalue weighted by atomic mass is 19.1. The van der Waals surface area contributed by atoms with Crippen molar-refractivity contribution in [3.63, 3.8) is 0 Å². The lowest BCUT2D eigenvalue weighted by Gasteiger charge is -2.24. The van der Waals surface area contributed by atoms with Gasteiger partial charge in [0.25, 0.3) is 0 Å². The van der Waals surface area contributed by atoms with Crippen molar-refractivity contribution >= 4 is 0 Å². The molecule has 0 bridgehead atoms. The fraction of sp³-hybridized carbons (Fsp3) is 0.538. The highest BCUT2D eigenvalue weighted by molar-refractivity contribution is 5.29. The number of rotatable bonds is 7. The number of nitrogens with one attached hydrogen (secondary N) is 1. The van der Waals surface area contributed by atoms with Crippen LogP contribution in [0.15, 0.2) is 18.2 Å². The number of methoxy groups -OCH3 is 2. The Kier molecular flexibility index (Phi) is 6.04. The normalized spacial score (nSPS) is 14.3. The van der Waals surface area contributed by atoms with Gasteiger partial charge in [-0.3, -0.25) is 11.3 Å². The lowest BCUT2D eigenvalue weighted by atomic mass is 10.00. The fourth-order valence-corrected chi connectivity index (χ4v) is 2.00. The maximum absolute atomic E-state index is 13.6. The second-order valence-electron chi connectivity index (χ2n) is 4.13. The van der Waals surface area contributed by atoms with Gasteiger partial charge in [0.15, 0.2) is 11.6 Å². The summed E-state index contributed by atoms with van der Waals surface area (Å²) in [7, 11) is 3.09. The minimum Gasteiger partial charge on any atom is -0.494 e. The Morgan fingerprint density at radius 2 is 2.11 bits per heavy atom. The number of halogens is 1. The molecule has 2 unspecified atom stereocenters. The Labute approximate surface area is 107 Å². The Morgan fingerprint density at radius 3 is 2.56 bits per heavy atom. The molecule has 1 rings (SSSR count). The van der Waals surface area contributed by atoms with E-state index in [2.05, 4.69) is 5.43 Å². The van der Waals surface area contributed by atoms with Crippen LogP contribution < -0.4 is 16.0 Å². The maximum Gasteiger partial charge on any atom is 0.165 e. The van der Waals surface area contributed by atoms with E-state index < -0.39 is 0 Å². The number of hydrogen-bond donors (Lipinski definition) is 2. The van der Waals surface area contributed by atoms with E-state index in [1.165, 1.54) is 13.2 Å². The van der Waals surface area contributed by atoms with Crippen LogP contribution in [0.5, 0.6) is 5.75 Å². The van der Waals surface area contributed by atoms with Crippen LogP contribution in [0.4, 0.5) is 4.39 Å². The summed E-state index contributed by atoms with van der Waals surface area (Å²) in [6, 6.07) is 4.86. The standard InChI is InChI=1S/C13H21FN2O2/c1-4-12(17-2)11(16-15)8-9-5-6-13(18-3)10(14)7-9/h5-7,11-12,16H,4,8,15H2,1-3H3. The zero-order valence-electron chi connectivity index (χ0n) is 11.1. The van der Waals surface area contributed by atoms with Crippen molar-refractivity contribution in [2.75, 3.05) is 14.2 Å². The molecule has 4 nitrogen and oxygen atoms in total. The van der Waals surface area contributed by atoms with E-state index in [1.54, 1.807) is 13.2 Å². The second-order valence-corrected chi connectivity index (χ2v) is 4.13. The molecule has 0 radical (unpaired) electrons. The van der Waals surface area contributed by atoms with Crippen molar-refractivity contribution < 1.29 is 13.9 Å². The van der Waals surface area contributed by atoms with Gasteiger partial charge in [-0.1, -0.05) is 13.0 Å². The van der Waals surface area contributed by atoms with E-state index in [4.69, 9.17) is 15.3 Å². The Bertz CT molecular complexity index is 370. The Balaban J connectivity index is 2.78. The van der Waals surface area contributed by atoms with Crippen LogP contribution in [-0.2, 0) is 11.2 Å². The average molecular weight is 256 g/mol. The third kappa shape index (κ3) is 3.66. The number of benzene rings is 1. The molecule has 0 aliphatic heterocycles. The average Bonchev–Trinajstić information content (AvgIpc) is 2.39. The summed E-state index contributed by atoms with van der Waals surface area (Å²) in [5, 5.41) is 0. The van der Waals surface area contributed by atoms with E-state index >= 15 is 0 Å². The summed E-state index contributed by atoms with van der Waals surface area (Å²) < 4.78 is 23.8. The number of hydrogen-bond acceptors (Lipinski definition) is 4. The first-order valence-electron chi connectivity index (χ1n) is 5.97. The van der Waals surface area contributed by atoms with Crippen LogP contribution in [0.25, 0.3) is 0 Å². The minimum absolute atomic E-state index is 0.000151. The van der Waals surface area contributed by atoms with Crippen LogP contribution >= 0.6 is 0 Å². The molecule has 1 aromatic rings. The third-order valence-corrected chi connectivity index (χ3v) is 3.04. The van der Waals surface area contributed by atoms with Gasteiger partial charge in [0.05, 0.1) is 19.3 Å². The summed E-state index contributed by atoms with van der Waals surface area (Å²) in [5.74, 6) is 5.40. The van der Waals surface area contributed by atoms with Gasteiger partial charge in [-0.05, 0) is 30.5 Å². The molecule has 0 heterocycles. The molecule has 0 amide bonds. The molecule has 0 saturated heterocycles. The van der Waals surface area contributed by atoms with E-state index in [0.29, 0.717) is 6.42 Å². The molecule has 0 spiro atoms. The molecule has 18 heavy (non-hydrogen) atoms. The van der Waals surface area contributed by atoms with E-state index in [-0.39, 0.29) is 23.7 Å². The monoisotopic (exact) mass is 256 g/mol. The van der Waals surface area contributed by atoms with Gasteiger partial charge in [-0.15, -0.1) is 0 Å². The fourth-order valence-electron chi connectivity index (χ4n) is 2.00. The lowest BCUT2D eigenvalue weighted by Crippen LogP contribution is -2.46. The van der Waals surface area contributed by atoms with Gasteiger partial charge < -0.3 is 9.47 Å². The number of nitrogens with two attached hydrogens (primary N) is 1. The minimum atomic E-state index is -0.365. The largest absolute Gasteiger partial charge is 0.494 e. The summed E-state index contributed by atoms with van der Waals surface area (Å²) in [6.45, 7) is 2.02. The predicted octanol–water partition coefficient (Wildman–Crippen LogP) is 1.63. The van der Waals surface area contributed by atoms with Crippen LogP contribution in [-0.4, -0.2) is 26.4 Å². The molecule has 102 valence electrons. The second kappa shape index (κ2) is 7.31. The van der Waals surface area contributed by atoms with Crippen LogP contribution in [0.3, 0.4) is 0 Å². The maximum atomic E-state index is 13.6. The molecular weight excluding hydrogens is 235 g/mol. The van der Waals surface area contributed by atoms with Crippen molar-refractivity contribution in [1.82, 2.24) is 5.43 Å². The van der Waals surface area contributed by atoms with Crippen molar-refractivity contribution in [1.29, 1.82) is 0 Å². The van der Waals surface area contributed by atoms with Crippen LogP contribution in [0.1, 0.15) is 18.9 Å². The number of hydrazine groups is 1. The molecule has 0 aromatic heterocycles. The predicted molar refractivity (Wildman–Crippen MR) is 68.9 cm³/mol. The van der Waals surface area contributed by atoms with Gasteiger partial charge >= 0.3 is 0 Å². The topological polar surface area (TPSA) is 56.5 Å². The van der Waals surface area contributed by atoms with Gasteiger partial charge in [0, 0.05) is 7.11 Å². The summed E-state index contributed by atoms with van der Waals surface area (Å²) in [4.78, 5) is 0. The van der Waals surface area contributed by atoms with E-state index in [9.17, 15) is 4.39 Å². The molecule has 2 atom stereocenters. The third-order valence-electron chi connectivity index (χ3n) is 3.04. The molecular formula is C13H21FN2O2. The Morgan fingerprint density at radius 1 is 1.39 bits per heavy atom. The SMILES string of the molecule is CCC(OC)C(Cc1ccc(OC)c(F)c1)NN. The summed E-state index contributed by atoms with van der Waals surface area (Å²) >= 11 is 0. The van der Waals surface area contributed by atoms with Crippen molar-refractivity contribution in [3.05, 3.63) is 29.6 Å². The first kappa shape index (κ1) is 14.9. The first-order valence-corrected chi connectivity index (χ1v) is 5.97. The van der Waals surface area contributed by atoms with Crippen molar-refractivity contribution in [3.8, 4) is 5.75 Å². The highest BCUT2D eigenvalue weighted by Gasteiger charge is 2.19. The molecule has 0 saturated carbocycles. The van der Waals surface area contributed by atoms with E-state index in [1.807, 2.05) is 13.0 Å². The Hall–Kier alpha value is -1.17. The molecule has 1 aromatic carbocycles. The van der Waals surface area contributed by atoms with Crippen molar-refractivity contribution in [2.24, 2.45) is 5.84 Å². The van der Waals surface area contributed by atoms with E-state index in [0.717, 1.165) is 12.0 Å². The molecule has 3 N–H and O–H groups in total. The zero-order chi connectivity index (χ0) is 13.5. The van der Waals surface area contributed by atoms with Crippen molar-refractivity contribution in [2.45, 2.75) is 31.9 Å². The van der Waals surface area contributed by atoms with Gasteiger partial charge in [-0.25, -0.2) is 4.39 Å². The van der Waals surface area contributed by atoms with Crippen LogP contribution in [0.2, 0.25) is 0 Å². The molecule has 5 heteroatoms. The van der Waals surface area contributed by atoms with Crippen LogP contribution in [0, 0.1) is 5.82 Å². The first-order chi connectivity index (χ1) is 8.65. The van der Waals surface area contributed by atoms with Gasteiger partial charge in [0.1, 0.15) is 0 Å². The summed E-state index contributed by atoms with van der Waals surface area (Å²) in [5.41, 5.74) is 3.58. The summed E-state index contributed by atoms with van der Waals surface area (Å²) in [6.07, 6.45) is 1.44. The van der Waals surface area contributed by atoms with Gasteiger partial charge in [-0.2, -0.15) is 0 Å². The quantitative estimate of drug-likeness (QED) is 0.575. The molecule has 0 aliphatic rings.